The maximum atomic E-state index is 12.4. The molecule has 3 rings (SSSR count). The summed E-state index contributed by atoms with van der Waals surface area (Å²) in [6.45, 7) is 4.93. The van der Waals surface area contributed by atoms with E-state index in [0.29, 0.717) is 16.9 Å². The molecule has 0 atom stereocenters. The van der Waals surface area contributed by atoms with Crippen molar-refractivity contribution < 1.29 is 4.79 Å². The monoisotopic (exact) mass is 283 g/mol. The number of fused-ring (bicyclic) bond motifs is 3. The Morgan fingerprint density at radius 3 is 2.67 bits per heavy atom. The second kappa shape index (κ2) is 4.62. The molecule has 2 heterocycles. The minimum Gasteiger partial charge on any atom is -0.274 e. The van der Waals surface area contributed by atoms with Gasteiger partial charge in [-0.2, -0.15) is 0 Å². The van der Waals surface area contributed by atoms with E-state index in [4.69, 9.17) is 0 Å². The summed E-state index contributed by atoms with van der Waals surface area (Å²) >= 11 is 0. The molecule has 1 amide bonds. The van der Waals surface area contributed by atoms with E-state index >= 15 is 0 Å². The quantitative estimate of drug-likeness (QED) is 0.674. The third kappa shape index (κ3) is 2.12. The van der Waals surface area contributed by atoms with Gasteiger partial charge in [0.25, 0.3) is 0 Å². The lowest BCUT2D eigenvalue weighted by molar-refractivity contribution is -0.115. The SMILES string of the molecule is CC(=O)Nn1c(C)nc2c(nnc3cc(C)ccc32)c1=O. The van der Waals surface area contributed by atoms with Crippen molar-refractivity contribution in [3.63, 3.8) is 0 Å². The molecule has 0 unspecified atom stereocenters. The van der Waals surface area contributed by atoms with Gasteiger partial charge in [-0.1, -0.05) is 12.1 Å². The highest BCUT2D eigenvalue weighted by Gasteiger charge is 2.13. The Hall–Kier alpha value is -2.83. The molecule has 0 spiro atoms. The van der Waals surface area contributed by atoms with Crippen molar-refractivity contribution in [1.82, 2.24) is 19.9 Å². The van der Waals surface area contributed by atoms with Crippen molar-refractivity contribution in [2.45, 2.75) is 20.8 Å². The zero-order valence-corrected chi connectivity index (χ0v) is 11.8. The van der Waals surface area contributed by atoms with Gasteiger partial charge >= 0.3 is 5.56 Å². The van der Waals surface area contributed by atoms with E-state index in [9.17, 15) is 9.59 Å². The van der Waals surface area contributed by atoms with Crippen LogP contribution < -0.4 is 11.0 Å². The highest BCUT2D eigenvalue weighted by molar-refractivity contribution is 6.00. The fraction of sp³-hybridized carbons (Fsp3) is 0.214. The third-order valence-electron chi connectivity index (χ3n) is 3.16. The first-order valence-electron chi connectivity index (χ1n) is 6.41. The number of carbonyl (C=O) groups excluding carboxylic acids is 1. The van der Waals surface area contributed by atoms with Gasteiger partial charge < -0.3 is 0 Å². The number of aryl methyl sites for hydroxylation is 2. The van der Waals surface area contributed by atoms with Crippen LogP contribution in [-0.2, 0) is 4.79 Å². The van der Waals surface area contributed by atoms with Crippen molar-refractivity contribution in [3.8, 4) is 0 Å². The smallest absolute Gasteiger partial charge is 0.274 e. The second-order valence-corrected chi connectivity index (χ2v) is 4.89. The number of amides is 1. The number of aromatic nitrogens is 4. The number of nitrogens with one attached hydrogen (secondary N) is 1. The Balaban J connectivity index is 2.41. The predicted octanol–water partition coefficient (Wildman–Crippen LogP) is 1.05. The Kier molecular flexibility index (Phi) is 2.90. The molecule has 0 aliphatic rings. The topological polar surface area (TPSA) is 89.8 Å². The minimum absolute atomic E-state index is 0.130. The highest BCUT2D eigenvalue weighted by atomic mass is 16.2. The molecule has 7 nitrogen and oxygen atoms in total. The minimum atomic E-state index is -0.442. The third-order valence-corrected chi connectivity index (χ3v) is 3.16. The molecule has 0 bridgehead atoms. The number of rotatable bonds is 1. The van der Waals surface area contributed by atoms with Crippen LogP contribution in [0, 0.1) is 13.8 Å². The van der Waals surface area contributed by atoms with Gasteiger partial charge in [0.2, 0.25) is 5.91 Å². The molecule has 106 valence electrons. The Bertz CT molecular complexity index is 945. The van der Waals surface area contributed by atoms with E-state index in [-0.39, 0.29) is 11.4 Å². The van der Waals surface area contributed by atoms with Crippen LogP contribution in [0.4, 0.5) is 0 Å². The maximum absolute atomic E-state index is 12.4. The molecule has 3 aromatic rings. The summed E-state index contributed by atoms with van der Waals surface area (Å²) in [6, 6.07) is 5.69. The Morgan fingerprint density at radius 2 is 1.95 bits per heavy atom. The van der Waals surface area contributed by atoms with Crippen LogP contribution in [0.5, 0.6) is 0 Å². The van der Waals surface area contributed by atoms with Crippen LogP contribution in [0.2, 0.25) is 0 Å². The second-order valence-electron chi connectivity index (χ2n) is 4.89. The summed E-state index contributed by atoms with van der Waals surface area (Å²) in [5.41, 5.74) is 4.35. The standard InChI is InChI=1S/C14H13N5O2/c1-7-4-5-10-11(6-7)16-17-13-12(10)15-8(2)19(14(13)21)18-9(3)20/h4-6H,1-3H3,(H,18,20). The maximum Gasteiger partial charge on any atom is 0.300 e. The van der Waals surface area contributed by atoms with Crippen molar-refractivity contribution in [3.05, 3.63) is 39.9 Å². The average molecular weight is 283 g/mol. The van der Waals surface area contributed by atoms with E-state index < -0.39 is 5.56 Å². The molecule has 2 aromatic heterocycles. The van der Waals surface area contributed by atoms with Gasteiger partial charge in [0, 0.05) is 12.3 Å². The summed E-state index contributed by atoms with van der Waals surface area (Å²) in [4.78, 5) is 28.0. The fourth-order valence-electron chi connectivity index (χ4n) is 2.21. The zero-order valence-electron chi connectivity index (χ0n) is 11.8. The first-order valence-corrected chi connectivity index (χ1v) is 6.41. The molecule has 1 aromatic carbocycles. The molecule has 0 saturated heterocycles. The van der Waals surface area contributed by atoms with Gasteiger partial charge in [0.05, 0.1) is 5.52 Å². The summed E-state index contributed by atoms with van der Waals surface area (Å²) in [5, 5.41) is 8.79. The van der Waals surface area contributed by atoms with Crippen LogP contribution in [0.1, 0.15) is 18.3 Å². The van der Waals surface area contributed by atoms with Crippen LogP contribution in [0.15, 0.2) is 23.0 Å². The van der Waals surface area contributed by atoms with Gasteiger partial charge in [0.15, 0.2) is 5.52 Å². The van der Waals surface area contributed by atoms with Gasteiger partial charge in [-0.05, 0) is 25.5 Å². The molecule has 0 aliphatic heterocycles. The number of benzene rings is 1. The van der Waals surface area contributed by atoms with Crippen molar-refractivity contribution in [1.29, 1.82) is 0 Å². The van der Waals surface area contributed by atoms with Gasteiger partial charge in [-0.15, -0.1) is 10.2 Å². The van der Waals surface area contributed by atoms with E-state index in [2.05, 4.69) is 20.6 Å². The number of hydrogen-bond donors (Lipinski definition) is 1. The lowest BCUT2D eigenvalue weighted by atomic mass is 10.1. The van der Waals surface area contributed by atoms with E-state index in [1.807, 2.05) is 25.1 Å². The number of hydrogen-bond acceptors (Lipinski definition) is 5. The van der Waals surface area contributed by atoms with Crippen molar-refractivity contribution in [2.24, 2.45) is 0 Å². The lowest BCUT2D eigenvalue weighted by Gasteiger charge is -2.10. The largest absolute Gasteiger partial charge is 0.300 e. The van der Waals surface area contributed by atoms with Gasteiger partial charge in [-0.3, -0.25) is 15.0 Å². The summed E-state index contributed by atoms with van der Waals surface area (Å²) in [5.74, 6) is 0.0308. The average Bonchev–Trinajstić information content (AvgIpc) is 2.42. The fourth-order valence-corrected chi connectivity index (χ4v) is 2.21. The molecule has 0 radical (unpaired) electrons. The molecule has 0 saturated carbocycles. The van der Waals surface area contributed by atoms with Crippen molar-refractivity contribution >= 4 is 27.8 Å². The van der Waals surface area contributed by atoms with Crippen LogP contribution >= 0.6 is 0 Å². The summed E-state index contributed by atoms with van der Waals surface area (Å²) in [6.07, 6.45) is 0. The summed E-state index contributed by atoms with van der Waals surface area (Å²) in [7, 11) is 0. The van der Waals surface area contributed by atoms with Crippen LogP contribution in [-0.4, -0.2) is 25.8 Å². The highest BCUT2D eigenvalue weighted by Crippen LogP contribution is 2.19. The molecule has 1 N–H and O–H groups in total. The van der Waals surface area contributed by atoms with E-state index in [1.54, 1.807) is 6.92 Å². The van der Waals surface area contributed by atoms with Gasteiger partial charge in [-0.25, -0.2) is 9.66 Å². The first-order chi connectivity index (χ1) is 9.97. The van der Waals surface area contributed by atoms with Crippen LogP contribution in [0.3, 0.4) is 0 Å². The van der Waals surface area contributed by atoms with E-state index in [0.717, 1.165) is 15.6 Å². The molecular formula is C14H13N5O2. The molecule has 21 heavy (non-hydrogen) atoms. The Labute approximate surface area is 119 Å². The van der Waals surface area contributed by atoms with E-state index in [1.165, 1.54) is 6.92 Å². The zero-order chi connectivity index (χ0) is 15.1. The molecule has 0 aliphatic carbocycles. The van der Waals surface area contributed by atoms with Gasteiger partial charge in [0.1, 0.15) is 11.3 Å². The predicted molar refractivity (Wildman–Crippen MR) is 78.6 cm³/mol. The number of nitrogens with zero attached hydrogens (tertiary/aromatic N) is 4. The van der Waals surface area contributed by atoms with Crippen molar-refractivity contribution in [2.75, 3.05) is 5.43 Å². The Morgan fingerprint density at radius 1 is 1.19 bits per heavy atom. The summed E-state index contributed by atoms with van der Waals surface area (Å²) < 4.78 is 1.08. The molecule has 0 fully saturated rings. The molecular weight excluding hydrogens is 270 g/mol. The molecule has 7 heteroatoms. The lowest BCUT2D eigenvalue weighted by Crippen LogP contribution is -2.34. The van der Waals surface area contributed by atoms with Crippen LogP contribution in [0.25, 0.3) is 21.9 Å². The number of carbonyl (C=O) groups is 1. The first kappa shape index (κ1) is 13.2. The normalized spacial score (nSPS) is 11.0.